The third-order valence-electron chi connectivity index (χ3n) is 4.96. The zero-order chi connectivity index (χ0) is 24.9. The van der Waals surface area contributed by atoms with Gasteiger partial charge in [-0.1, -0.05) is 12.1 Å². The lowest BCUT2D eigenvalue weighted by molar-refractivity contribution is -0.155. The Bertz CT molecular complexity index is 1150. The highest BCUT2D eigenvalue weighted by molar-refractivity contribution is 5.96. The van der Waals surface area contributed by atoms with Gasteiger partial charge in [-0.05, 0) is 71.6 Å². The molecule has 34 heavy (non-hydrogen) atoms. The number of carbonyl (C=O) groups is 2. The summed E-state index contributed by atoms with van der Waals surface area (Å²) in [5, 5.41) is 0. The fourth-order valence-electron chi connectivity index (χ4n) is 3.39. The van der Waals surface area contributed by atoms with Gasteiger partial charge in [0.05, 0.1) is 5.69 Å². The monoisotopic (exact) mass is 466 g/mol. The van der Waals surface area contributed by atoms with E-state index in [1.165, 1.54) is 4.90 Å². The Labute approximate surface area is 201 Å². The number of imidazole rings is 1. The largest absolute Gasteiger partial charge is 0.487 e. The number of pyridine rings is 1. The first kappa shape index (κ1) is 25.2. The first-order valence-corrected chi connectivity index (χ1v) is 11.3. The molecule has 0 saturated heterocycles. The van der Waals surface area contributed by atoms with Crippen LogP contribution in [0.2, 0.25) is 0 Å². The number of esters is 1. The number of amides is 1. The van der Waals surface area contributed by atoms with Gasteiger partial charge in [0.1, 0.15) is 30.1 Å². The van der Waals surface area contributed by atoms with Crippen LogP contribution in [0.3, 0.4) is 0 Å². The van der Waals surface area contributed by atoms with Crippen LogP contribution in [0.1, 0.15) is 42.4 Å². The quantitative estimate of drug-likeness (QED) is 0.449. The minimum absolute atomic E-state index is 0.115. The first-order chi connectivity index (χ1) is 16.0. The van der Waals surface area contributed by atoms with Gasteiger partial charge < -0.3 is 23.7 Å². The predicted molar refractivity (Wildman–Crippen MR) is 131 cm³/mol. The SMILES string of the molecule is Cc1ccc2nc(COc3cccc(C(=O)N(CCN(C)C)CC(=O)OC(C)(C)C)c3)cn2c1. The first-order valence-electron chi connectivity index (χ1n) is 11.3. The van der Waals surface area contributed by atoms with E-state index in [-0.39, 0.29) is 19.1 Å². The number of benzene rings is 1. The molecule has 2 aromatic heterocycles. The minimum atomic E-state index is -0.613. The van der Waals surface area contributed by atoms with E-state index in [9.17, 15) is 9.59 Å². The fraction of sp³-hybridized carbons (Fsp3) is 0.423. The van der Waals surface area contributed by atoms with Crippen molar-refractivity contribution < 1.29 is 19.1 Å². The summed E-state index contributed by atoms with van der Waals surface area (Å²) < 4.78 is 13.3. The van der Waals surface area contributed by atoms with Crippen LogP contribution in [0.5, 0.6) is 5.75 Å². The van der Waals surface area contributed by atoms with Gasteiger partial charge in [0.2, 0.25) is 0 Å². The summed E-state index contributed by atoms with van der Waals surface area (Å²) in [6.45, 7) is 8.64. The fourth-order valence-corrected chi connectivity index (χ4v) is 3.39. The normalized spacial score (nSPS) is 11.6. The van der Waals surface area contributed by atoms with Gasteiger partial charge in [0.15, 0.2) is 0 Å². The van der Waals surface area contributed by atoms with E-state index in [2.05, 4.69) is 4.98 Å². The molecule has 3 rings (SSSR count). The molecule has 0 fully saturated rings. The molecule has 0 N–H and O–H groups in total. The van der Waals surface area contributed by atoms with E-state index in [0.29, 0.717) is 24.4 Å². The number of rotatable bonds is 9. The van der Waals surface area contributed by atoms with Crippen molar-refractivity contribution >= 4 is 17.5 Å². The summed E-state index contributed by atoms with van der Waals surface area (Å²) in [5.41, 5.74) is 2.63. The molecule has 0 bridgehead atoms. The summed E-state index contributed by atoms with van der Waals surface area (Å²) in [4.78, 5) is 33.7. The number of aryl methyl sites for hydroxylation is 1. The molecular weight excluding hydrogens is 432 g/mol. The van der Waals surface area contributed by atoms with Crippen LogP contribution in [0, 0.1) is 6.92 Å². The highest BCUT2D eigenvalue weighted by Crippen LogP contribution is 2.18. The standard InChI is InChI=1S/C26H34N4O4/c1-19-10-11-23-27-21(16-30(23)15-19)18-33-22-9-7-8-20(14-22)25(32)29(13-12-28(5)6)17-24(31)34-26(2,3)4/h7-11,14-16H,12-13,17-18H2,1-6H3. The third kappa shape index (κ3) is 7.31. The number of fused-ring (bicyclic) bond motifs is 1. The topological polar surface area (TPSA) is 76.4 Å². The van der Waals surface area contributed by atoms with Gasteiger partial charge in [-0.25, -0.2) is 4.98 Å². The number of carbonyl (C=O) groups excluding carboxylic acids is 2. The summed E-state index contributed by atoms with van der Waals surface area (Å²) in [7, 11) is 3.84. The van der Waals surface area contributed by atoms with Crippen LogP contribution in [-0.2, 0) is 16.1 Å². The van der Waals surface area contributed by atoms with Crippen molar-refractivity contribution in [3.8, 4) is 5.75 Å². The second-order valence-corrected chi connectivity index (χ2v) is 9.64. The number of aromatic nitrogens is 2. The molecule has 182 valence electrons. The Morgan fingerprint density at radius 3 is 2.53 bits per heavy atom. The average molecular weight is 467 g/mol. The van der Waals surface area contributed by atoms with Gasteiger partial charge in [-0.3, -0.25) is 9.59 Å². The summed E-state index contributed by atoms with van der Waals surface area (Å²) in [6.07, 6.45) is 3.94. The van der Waals surface area contributed by atoms with Gasteiger partial charge >= 0.3 is 5.97 Å². The average Bonchev–Trinajstić information content (AvgIpc) is 3.15. The van der Waals surface area contributed by atoms with E-state index in [0.717, 1.165) is 16.9 Å². The number of hydrogen-bond donors (Lipinski definition) is 0. The van der Waals surface area contributed by atoms with Crippen LogP contribution in [-0.4, -0.2) is 70.4 Å². The van der Waals surface area contributed by atoms with Crippen molar-refractivity contribution in [2.75, 3.05) is 33.7 Å². The molecule has 2 heterocycles. The van der Waals surface area contributed by atoms with Gasteiger partial charge in [0, 0.05) is 31.0 Å². The summed E-state index contributed by atoms with van der Waals surface area (Å²) in [5.74, 6) is -0.126. The lowest BCUT2D eigenvalue weighted by Gasteiger charge is -2.26. The van der Waals surface area contributed by atoms with Crippen LogP contribution < -0.4 is 4.74 Å². The smallest absolute Gasteiger partial charge is 0.326 e. The van der Waals surface area contributed by atoms with Crippen molar-refractivity contribution in [1.82, 2.24) is 19.2 Å². The van der Waals surface area contributed by atoms with E-state index < -0.39 is 11.6 Å². The molecule has 0 aliphatic rings. The molecule has 0 aliphatic heterocycles. The van der Waals surface area contributed by atoms with Crippen LogP contribution >= 0.6 is 0 Å². The Morgan fingerprint density at radius 1 is 1.06 bits per heavy atom. The maximum absolute atomic E-state index is 13.3. The van der Waals surface area contributed by atoms with E-state index in [1.54, 1.807) is 24.3 Å². The van der Waals surface area contributed by atoms with Crippen LogP contribution in [0.15, 0.2) is 48.8 Å². The molecule has 0 unspecified atom stereocenters. The predicted octanol–water partition coefficient (Wildman–Crippen LogP) is 3.57. The van der Waals surface area contributed by atoms with Gasteiger partial charge in [0.25, 0.3) is 5.91 Å². The maximum atomic E-state index is 13.3. The second-order valence-electron chi connectivity index (χ2n) is 9.64. The van der Waals surface area contributed by atoms with E-state index in [1.807, 2.05) is 75.6 Å². The molecule has 0 saturated carbocycles. The summed E-state index contributed by atoms with van der Waals surface area (Å²) >= 11 is 0. The second kappa shape index (κ2) is 10.7. The molecule has 8 nitrogen and oxygen atoms in total. The van der Waals surface area contributed by atoms with Crippen molar-refractivity contribution in [2.24, 2.45) is 0 Å². The van der Waals surface area contributed by atoms with Gasteiger partial charge in [-0.2, -0.15) is 0 Å². The molecule has 0 aliphatic carbocycles. The van der Waals surface area contributed by atoms with Crippen molar-refractivity contribution in [3.63, 3.8) is 0 Å². The lowest BCUT2D eigenvalue weighted by atomic mass is 10.1. The van der Waals surface area contributed by atoms with Crippen LogP contribution in [0.25, 0.3) is 5.65 Å². The molecule has 3 aromatic rings. The zero-order valence-corrected chi connectivity index (χ0v) is 20.9. The highest BCUT2D eigenvalue weighted by Gasteiger charge is 2.23. The molecular formula is C26H34N4O4. The Morgan fingerprint density at radius 2 is 1.82 bits per heavy atom. The molecule has 8 heteroatoms. The molecule has 1 aromatic carbocycles. The molecule has 0 spiro atoms. The van der Waals surface area contributed by atoms with Crippen LogP contribution in [0.4, 0.5) is 0 Å². The van der Waals surface area contributed by atoms with Crippen molar-refractivity contribution in [2.45, 2.75) is 39.9 Å². The number of likely N-dealkylation sites (N-methyl/N-ethyl adjacent to an activating group) is 1. The lowest BCUT2D eigenvalue weighted by Crippen LogP contribution is -2.42. The Balaban J connectivity index is 1.70. The number of nitrogens with zero attached hydrogens (tertiary/aromatic N) is 4. The van der Waals surface area contributed by atoms with E-state index in [4.69, 9.17) is 9.47 Å². The molecule has 0 radical (unpaired) electrons. The van der Waals surface area contributed by atoms with E-state index >= 15 is 0 Å². The Kier molecular flexibility index (Phi) is 7.94. The third-order valence-corrected chi connectivity index (χ3v) is 4.96. The highest BCUT2D eigenvalue weighted by atomic mass is 16.6. The zero-order valence-electron chi connectivity index (χ0n) is 20.9. The van der Waals surface area contributed by atoms with Gasteiger partial charge in [-0.15, -0.1) is 0 Å². The maximum Gasteiger partial charge on any atom is 0.326 e. The molecule has 0 atom stereocenters. The van der Waals surface area contributed by atoms with Crippen molar-refractivity contribution in [3.05, 3.63) is 65.6 Å². The number of ether oxygens (including phenoxy) is 2. The summed E-state index contributed by atoms with van der Waals surface area (Å²) in [6, 6.07) is 11.0. The number of hydrogen-bond acceptors (Lipinski definition) is 6. The Hall–Kier alpha value is -3.39. The molecule has 1 amide bonds. The minimum Gasteiger partial charge on any atom is -0.487 e. The van der Waals surface area contributed by atoms with Crippen molar-refractivity contribution in [1.29, 1.82) is 0 Å².